The molecule has 0 atom stereocenters. The molecule has 3 heterocycles. The summed E-state index contributed by atoms with van der Waals surface area (Å²) >= 11 is 31.5. The molecule has 3 aromatic rings. The molecule has 0 fully saturated rings. The fourth-order valence-corrected chi connectivity index (χ4v) is 9.68. The van der Waals surface area contributed by atoms with E-state index < -0.39 is 5.54 Å². The van der Waals surface area contributed by atoms with E-state index in [1.807, 2.05) is 0 Å². The van der Waals surface area contributed by atoms with Gasteiger partial charge in [-0.25, -0.2) is 15.0 Å². The molecule has 0 aromatic carbocycles. The van der Waals surface area contributed by atoms with E-state index in [1.165, 1.54) is 0 Å². The van der Waals surface area contributed by atoms with Gasteiger partial charge in [-0.2, -0.15) is 29.9 Å². The first kappa shape index (κ1) is 53.3. The van der Waals surface area contributed by atoms with Gasteiger partial charge in [-0.15, -0.1) is 0 Å². The van der Waals surface area contributed by atoms with Gasteiger partial charge in [0.2, 0.25) is 38.3 Å². The van der Waals surface area contributed by atoms with Gasteiger partial charge in [-0.3, -0.25) is 9.80 Å². The van der Waals surface area contributed by atoms with Crippen molar-refractivity contribution in [2.45, 2.75) is 195 Å². The molecule has 13 nitrogen and oxygen atoms in total. The maximum absolute atomic E-state index is 6.78. The summed E-state index contributed by atoms with van der Waals surface area (Å²) in [5.74, 6) is 2.55. The highest BCUT2D eigenvalue weighted by molar-refractivity contribution is 6.31. The molecule has 3 rings (SSSR count). The van der Waals surface area contributed by atoms with Gasteiger partial charge in [-0.1, -0.05) is 53.4 Å². The van der Waals surface area contributed by atoms with Gasteiger partial charge < -0.3 is 9.80 Å². The van der Waals surface area contributed by atoms with Gasteiger partial charge in [-0.05, 0) is 178 Å². The summed E-state index contributed by atoms with van der Waals surface area (Å²) in [6.07, 6.45) is 11.7. The topological polar surface area (TPSA) is 129 Å². The van der Waals surface area contributed by atoms with Crippen LogP contribution in [0.2, 0.25) is 26.4 Å². The van der Waals surface area contributed by atoms with Gasteiger partial charge in [0.05, 0.1) is 11.1 Å². The predicted molar refractivity (Wildman–Crippen MR) is 255 cm³/mol. The second kappa shape index (κ2) is 25.5. The van der Waals surface area contributed by atoms with Crippen LogP contribution in [0.15, 0.2) is 0 Å². The average Bonchev–Trinajstić information content (AvgIpc) is 3.18. The van der Waals surface area contributed by atoms with Crippen molar-refractivity contribution in [1.29, 1.82) is 0 Å². The van der Waals surface area contributed by atoms with E-state index in [4.69, 9.17) is 73.0 Å². The monoisotopic (exact) mass is 945 g/mol. The van der Waals surface area contributed by atoms with E-state index in [0.717, 1.165) is 109 Å². The quantitative estimate of drug-likeness (QED) is 0.0641. The molecular formula is C43H72Cl5N13. The summed E-state index contributed by atoms with van der Waals surface area (Å²) in [4.78, 5) is 49.9. The number of nitrogens with zero attached hydrogens (tertiary/aromatic N) is 13. The van der Waals surface area contributed by atoms with Crippen LogP contribution in [-0.2, 0) is 11.1 Å². The third-order valence-corrected chi connectivity index (χ3v) is 13.0. The number of anilines is 2. The Morgan fingerprint density at radius 2 is 0.639 bits per heavy atom. The minimum absolute atomic E-state index is 0.104. The smallest absolute Gasteiger partial charge is 0.231 e. The highest BCUT2D eigenvalue weighted by atomic mass is 35.5. The van der Waals surface area contributed by atoms with Gasteiger partial charge in [0.25, 0.3) is 0 Å². The number of hydrogen-bond acceptors (Lipinski definition) is 13. The molecule has 0 amide bonds. The number of aromatic nitrogens is 9. The summed E-state index contributed by atoms with van der Waals surface area (Å²) in [5, 5.41) is 0.701. The zero-order chi connectivity index (χ0) is 45.5. The predicted octanol–water partition coefficient (Wildman–Crippen LogP) is 11.9. The Labute approximate surface area is 391 Å². The van der Waals surface area contributed by atoms with Crippen molar-refractivity contribution >= 4 is 69.9 Å². The van der Waals surface area contributed by atoms with Crippen LogP contribution in [0.4, 0.5) is 11.9 Å². The summed E-state index contributed by atoms with van der Waals surface area (Å²) in [7, 11) is 0. The lowest BCUT2D eigenvalue weighted by molar-refractivity contribution is 0.0347. The lowest BCUT2D eigenvalue weighted by Gasteiger charge is -2.45. The van der Waals surface area contributed by atoms with Crippen LogP contribution in [0.25, 0.3) is 0 Å². The lowest BCUT2D eigenvalue weighted by atomic mass is 9.87. The maximum Gasteiger partial charge on any atom is 0.231 e. The highest BCUT2D eigenvalue weighted by Crippen LogP contribution is 2.38. The SMILES string of the molecule is CCC(CC)(c1nc(Cl)nc(Cl)n1)N(CCCCCCN(c1nc(Cl)nc(C(CC)(CC)N(CCCCCCN(c2nc(Cl)nc(Cl)n2)C(C)C)C(C)C)n1)C(C)C)C(C)C. The van der Waals surface area contributed by atoms with Gasteiger partial charge in [0.1, 0.15) is 0 Å². The molecular weight excluding hydrogens is 876 g/mol. The summed E-state index contributed by atoms with van der Waals surface area (Å²) in [6, 6.07) is 0.927. The largest absolute Gasteiger partial charge is 0.338 e. The number of unbranched alkanes of at least 4 members (excludes halogenated alkanes) is 6. The Kier molecular flexibility index (Phi) is 22.3. The van der Waals surface area contributed by atoms with Crippen molar-refractivity contribution in [1.82, 2.24) is 54.7 Å². The molecule has 0 spiro atoms. The van der Waals surface area contributed by atoms with Crippen molar-refractivity contribution in [3.63, 3.8) is 0 Å². The summed E-state index contributed by atoms with van der Waals surface area (Å²) < 4.78 is 0. The normalized spacial score (nSPS) is 12.6. The van der Waals surface area contributed by atoms with Crippen molar-refractivity contribution in [2.24, 2.45) is 0 Å². The van der Waals surface area contributed by atoms with Crippen LogP contribution in [0.3, 0.4) is 0 Å². The minimum atomic E-state index is -0.393. The van der Waals surface area contributed by atoms with E-state index >= 15 is 0 Å². The molecule has 3 aromatic heterocycles. The van der Waals surface area contributed by atoms with Gasteiger partial charge in [0, 0.05) is 37.3 Å². The van der Waals surface area contributed by atoms with E-state index in [1.54, 1.807) is 0 Å². The molecule has 0 unspecified atom stereocenters. The van der Waals surface area contributed by atoms with Crippen LogP contribution in [0, 0.1) is 0 Å². The first-order valence-corrected chi connectivity index (χ1v) is 24.4. The Balaban J connectivity index is 1.67. The third-order valence-electron chi connectivity index (χ3n) is 12.1. The van der Waals surface area contributed by atoms with Crippen LogP contribution >= 0.6 is 58.0 Å². The standard InChI is InChI=1S/C43H72Cl5N13/c1-13-42(14-2,33-49-35(44)53-36(45)50-33)60(31(9)10)27-23-19-17-21-25-58(29(5)6)40-52-34(51-37(46)55-40)43(15-3,16-4)61(32(11)12)28-24-20-18-22-26-59(30(7)8)41-56-38(47)54-39(48)57-41/h29-32H,13-28H2,1-12H3. The molecule has 0 aliphatic heterocycles. The first-order chi connectivity index (χ1) is 28.9. The Morgan fingerprint density at radius 1 is 0.361 bits per heavy atom. The number of rotatable bonds is 28. The second-order valence-corrected chi connectivity index (χ2v) is 18.7. The van der Waals surface area contributed by atoms with E-state index in [2.05, 4.69) is 133 Å². The average molecular weight is 948 g/mol. The maximum atomic E-state index is 6.78. The Morgan fingerprint density at radius 3 is 0.951 bits per heavy atom. The molecule has 0 N–H and O–H groups in total. The highest BCUT2D eigenvalue weighted by Gasteiger charge is 2.41. The molecule has 18 heteroatoms. The molecule has 0 saturated heterocycles. The van der Waals surface area contributed by atoms with Crippen LogP contribution < -0.4 is 9.80 Å². The van der Waals surface area contributed by atoms with Crippen LogP contribution in [0.5, 0.6) is 0 Å². The van der Waals surface area contributed by atoms with Crippen molar-refractivity contribution < 1.29 is 0 Å². The molecule has 0 bridgehead atoms. The Hall–Kier alpha value is -2.00. The zero-order valence-corrected chi connectivity index (χ0v) is 42.6. The molecule has 61 heavy (non-hydrogen) atoms. The van der Waals surface area contributed by atoms with Gasteiger partial charge >= 0.3 is 0 Å². The molecule has 0 aliphatic carbocycles. The first-order valence-electron chi connectivity index (χ1n) is 22.5. The van der Waals surface area contributed by atoms with E-state index in [-0.39, 0.29) is 56.1 Å². The van der Waals surface area contributed by atoms with Crippen molar-refractivity contribution in [3.8, 4) is 0 Å². The zero-order valence-electron chi connectivity index (χ0n) is 38.8. The minimum Gasteiger partial charge on any atom is -0.338 e. The van der Waals surface area contributed by atoms with E-state index in [9.17, 15) is 0 Å². The van der Waals surface area contributed by atoms with Crippen molar-refractivity contribution in [3.05, 3.63) is 38.1 Å². The van der Waals surface area contributed by atoms with Gasteiger partial charge in [0.15, 0.2) is 11.6 Å². The molecule has 344 valence electrons. The second-order valence-electron chi connectivity index (χ2n) is 17.1. The summed E-state index contributed by atoms with van der Waals surface area (Å²) in [6.45, 7) is 29.9. The van der Waals surface area contributed by atoms with Crippen LogP contribution in [0.1, 0.15) is 172 Å². The van der Waals surface area contributed by atoms with Crippen molar-refractivity contribution in [2.75, 3.05) is 36.0 Å². The Bertz CT molecular complexity index is 1720. The number of halogens is 5. The lowest BCUT2D eigenvalue weighted by Crippen LogP contribution is -2.51. The fraction of sp³-hybridized carbons (Fsp3) is 0.791. The van der Waals surface area contributed by atoms with Crippen LogP contribution in [-0.4, -0.2) is 105 Å². The molecule has 0 saturated carbocycles. The number of hydrogen-bond donors (Lipinski definition) is 0. The molecule has 0 radical (unpaired) electrons. The third kappa shape index (κ3) is 14.5. The molecule has 0 aliphatic rings. The summed E-state index contributed by atoms with van der Waals surface area (Å²) in [5.41, 5.74) is -0.777. The fourth-order valence-electron chi connectivity index (χ4n) is 8.80. The van der Waals surface area contributed by atoms with E-state index in [0.29, 0.717) is 17.7 Å².